The standard InChI is InChI=1S/C14H9BrClF2NO2/c15-9-4-11(17)13(18)12(5-9)21-6-8-2-1-7(14(19)20)3-10(8)16/h1-5H,6H2,(H2,19,20). The highest BCUT2D eigenvalue weighted by molar-refractivity contribution is 9.10. The van der Waals surface area contributed by atoms with Crippen LogP contribution in [0.1, 0.15) is 15.9 Å². The predicted molar refractivity (Wildman–Crippen MR) is 78.4 cm³/mol. The van der Waals surface area contributed by atoms with E-state index in [0.717, 1.165) is 6.07 Å². The molecule has 2 N–H and O–H groups in total. The van der Waals surface area contributed by atoms with Gasteiger partial charge in [0.25, 0.3) is 0 Å². The molecule has 0 saturated heterocycles. The van der Waals surface area contributed by atoms with Gasteiger partial charge in [0.2, 0.25) is 11.7 Å². The smallest absolute Gasteiger partial charge is 0.248 e. The summed E-state index contributed by atoms with van der Waals surface area (Å²) in [5, 5.41) is 0.252. The third kappa shape index (κ3) is 3.71. The van der Waals surface area contributed by atoms with E-state index in [0.29, 0.717) is 10.0 Å². The van der Waals surface area contributed by atoms with Crippen molar-refractivity contribution in [1.82, 2.24) is 0 Å². The molecule has 2 aromatic rings. The minimum absolute atomic E-state index is 0.0787. The number of nitrogens with two attached hydrogens (primary N) is 1. The number of carbonyl (C=O) groups is 1. The van der Waals surface area contributed by atoms with Crippen molar-refractivity contribution in [3.63, 3.8) is 0 Å². The molecule has 110 valence electrons. The number of rotatable bonds is 4. The Labute approximate surface area is 132 Å². The first-order chi connectivity index (χ1) is 9.88. The Bertz CT molecular complexity index is 710. The lowest BCUT2D eigenvalue weighted by atomic mass is 10.1. The second-order valence-electron chi connectivity index (χ2n) is 4.16. The molecule has 0 heterocycles. The average Bonchev–Trinajstić information content (AvgIpc) is 2.42. The second-order valence-corrected chi connectivity index (χ2v) is 5.48. The van der Waals surface area contributed by atoms with Crippen molar-refractivity contribution in [2.45, 2.75) is 6.61 Å². The maximum Gasteiger partial charge on any atom is 0.248 e. The molecular formula is C14H9BrClF2NO2. The van der Waals surface area contributed by atoms with Crippen molar-refractivity contribution in [1.29, 1.82) is 0 Å². The van der Waals surface area contributed by atoms with E-state index < -0.39 is 17.5 Å². The Balaban J connectivity index is 2.19. The Morgan fingerprint density at radius 3 is 2.62 bits per heavy atom. The van der Waals surface area contributed by atoms with Crippen LogP contribution in [-0.2, 0) is 6.61 Å². The maximum absolute atomic E-state index is 13.5. The first-order valence-electron chi connectivity index (χ1n) is 5.74. The molecule has 0 aromatic heterocycles. The molecule has 1 amide bonds. The van der Waals surface area contributed by atoms with E-state index in [1.165, 1.54) is 24.3 Å². The van der Waals surface area contributed by atoms with Crippen molar-refractivity contribution in [2.24, 2.45) is 5.73 Å². The van der Waals surface area contributed by atoms with Crippen LogP contribution in [0.2, 0.25) is 5.02 Å². The molecule has 0 aliphatic rings. The predicted octanol–water partition coefficient (Wildman–Crippen LogP) is 4.06. The van der Waals surface area contributed by atoms with E-state index in [2.05, 4.69) is 15.9 Å². The Kier molecular flexibility index (Phi) is 4.80. The minimum atomic E-state index is -1.08. The quantitative estimate of drug-likeness (QED) is 0.818. The number of hydrogen-bond donors (Lipinski definition) is 1. The maximum atomic E-state index is 13.5. The molecule has 0 bridgehead atoms. The van der Waals surface area contributed by atoms with E-state index in [1.54, 1.807) is 0 Å². The molecule has 0 aliphatic heterocycles. The van der Waals surface area contributed by atoms with Gasteiger partial charge in [-0.25, -0.2) is 4.39 Å². The fourth-order valence-corrected chi connectivity index (χ4v) is 2.25. The number of hydrogen-bond acceptors (Lipinski definition) is 2. The third-order valence-corrected chi connectivity index (χ3v) is 3.49. The number of benzene rings is 2. The van der Waals surface area contributed by atoms with Gasteiger partial charge >= 0.3 is 0 Å². The van der Waals surface area contributed by atoms with Gasteiger partial charge in [-0.1, -0.05) is 33.6 Å². The van der Waals surface area contributed by atoms with Crippen LogP contribution in [0.4, 0.5) is 8.78 Å². The van der Waals surface area contributed by atoms with Gasteiger partial charge in [-0.05, 0) is 24.3 Å². The van der Waals surface area contributed by atoms with Crippen LogP contribution < -0.4 is 10.5 Å². The lowest BCUT2D eigenvalue weighted by Crippen LogP contribution is -2.11. The summed E-state index contributed by atoms with van der Waals surface area (Å²) in [7, 11) is 0. The van der Waals surface area contributed by atoms with Crippen molar-refractivity contribution in [3.05, 3.63) is 62.6 Å². The summed E-state index contributed by atoms with van der Waals surface area (Å²) >= 11 is 9.03. The second kappa shape index (κ2) is 6.41. The Hall–Kier alpha value is -1.66. The van der Waals surface area contributed by atoms with Crippen LogP contribution in [-0.4, -0.2) is 5.91 Å². The minimum Gasteiger partial charge on any atom is -0.486 e. The van der Waals surface area contributed by atoms with Crippen LogP contribution in [0.25, 0.3) is 0 Å². The first kappa shape index (κ1) is 15.7. The Morgan fingerprint density at radius 1 is 1.29 bits per heavy atom. The van der Waals surface area contributed by atoms with Gasteiger partial charge in [-0.15, -0.1) is 0 Å². The molecule has 7 heteroatoms. The van der Waals surface area contributed by atoms with Gasteiger partial charge in [-0.2, -0.15) is 4.39 Å². The van der Waals surface area contributed by atoms with Crippen LogP contribution >= 0.6 is 27.5 Å². The van der Waals surface area contributed by atoms with E-state index in [1.807, 2.05) is 0 Å². The van der Waals surface area contributed by atoms with Gasteiger partial charge in [-0.3, -0.25) is 4.79 Å². The molecule has 21 heavy (non-hydrogen) atoms. The van der Waals surface area contributed by atoms with E-state index >= 15 is 0 Å². The summed E-state index contributed by atoms with van der Waals surface area (Å²) in [6.45, 7) is -0.0787. The van der Waals surface area contributed by atoms with Gasteiger partial charge in [0.05, 0.1) is 0 Å². The molecule has 0 aliphatic carbocycles. The summed E-state index contributed by atoms with van der Waals surface area (Å²) < 4.78 is 32.3. The van der Waals surface area contributed by atoms with Crippen molar-refractivity contribution in [3.8, 4) is 5.75 Å². The molecule has 0 fully saturated rings. The highest BCUT2D eigenvalue weighted by Gasteiger charge is 2.12. The molecule has 0 atom stereocenters. The monoisotopic (exact) mass is 375 g/mol. The molecule has 0 spiro atoms. The molecule has 0 radical (unpaired) electrons. The number of primary amides is 1. The number of amides is 1. The van der Waals surface area contributed by atoms with Gasteiger partial charge in [0.15, 0.2) is 11.6 Å². The zero-order valence-electron chi connectivity index (χ0n) is 10.5. The zero-order chi connectivity index (χ0) is 15.6. The molecule has 2 rings (SSSR count). The molecule has 0 saturated carbocycles. The summed E-state index contributed by atoms with van der Waals surface area (Å²) in [5.41, 5.74) is 5.89. The summed E-state index contributed by atoms with van der Waals surface area (Å²) in [5.74, 6) is -2.95. The van der Waals surface area contributed by atoms with Gasteiger partial charge < -0.3 is 10.5 Å². The Morgan fingerprint density at radius 2 is 2.00 bits per heavy atom. The van der Waals surface area contributed by atoms with Crippen molar-refractivity contribution in [2.75, 3.05) is 0 Å². The van der Waals surface area contributed by atoms with E-state index in [4.69, 9.17) is 22.1 Å². The number of halogens is 4. The van der Waals surface area contributed by atoms with Crippen molar-refractivity contribution < 1.29 is 18.3 Å². The van der Waals surface area contributed by atoms with Crippen LogP contribution in [0.15, 0.2) is 34.8 Å². The first-order valence-corrected chi connectivity index (χ1v) is 6.91. The third-order valence-electron chi connectivity index (χ3n) is 2.68. The van der Waals surface area contributed by atoms with E-state index in [9.17, 15) is 13.6 Å². The molecule has 2 aromatic carbocycles. The van der Waals surface area contributed by atoms with Crippen LogP contribution in [0, 0.1) is 11.6 Å². The van der Waals surface area contributed by atoms with Gasteiger partial charge in [0.1, 0.15) is 6.61 Å². The summed E-state index contributed by atoms with van der Waals surface area (Å²) in [6.07, 6.45) is 0. The SMILES string of the molecule is NC(=O)c1ccc(COc2cc(Br)cc(F)c2F)c(Cl)c1. The lowest BCUT2D eigenvalue weighted by molar-refractivity contribution is 0.1000. The van der Waals surface area contributed by atoms with Gasteiger partial charge in [0, 0.05) is 20.6 Å². The van der Waals surface area contributed by atoms with Crippen LogP contribution in [0.3, 0.4) is 0 Å². The highest BCUT2D eigenvalue weighted by Crippen LogP contribution is 2.27. The largest absolute Gasteiger partial charge is 0.486 e. The zero-order valence-corrected chi connectivity index (χ0v) is 12.8. The lowest BCUT2D eigenvalue weighted by Gasteiger charge is -2.10. The fraction of sp³-hybridized carbons (Fsp3) is 0.0714. The number of carbonyl (C=O) groups excluding carboxylic acids is 1. The van der Waals surface area contributed by atoms with Crippen molar-refractivity contribution >= 4 is 33.4 Å². The topological polar surface area (TPSA) is 52.3 Å². The highest BCUT2D eigenvalue weighted by atomic mass is 79.9. The molecule has 3 nitrogen and oxygen atoms in total. The summed E-state index contributed by atoms with van der Waals surface area (Å²) in [6, 6.07) is 6.71. The summed E-state index contributed by atoms with van der Waals surface area (Å²) in [4.78, 5) is 11.0. The average molecular weight is 377 g/mol. The normalized spacial score (nSPS) is 10.5. The number of ether oxygens (including phenoxy) is 1. The van der Waals surface area contributed by atoms with Crippen LogP contribution in [0.5, 0.6) is 5.75 Å². The van der Waals surface area contributed by atoms with E-state index in [-0.39, 0.29) is 22.9 Å². The fourth-order valence-electron chi connectivity index (χ4n) is 1.61. The molecular weight excluding hydrogens is 368 g/mol. The molecule has 0 unspecified atom stereocenters.